The number of rotatable bonds is 9. The lowest BCUT2D eigenvalue weighted by atomic mass is 9.95. The molecule has 0 atom stereocenters. The van der Waals surface area contributed by atoms with Gasteiger partial charge in [0, 0.05) is 17.5 Å². The molecular formula is C28H28N6O. The molecule has 5 aromatic rings. The van der Waals surface area contributed by atoms with Crippen molar-refractivity contribution in [3.63, 3.8) is 0 Å². The van der Waals surface area contributed by atoms with Gasteiger partial charge in [-0.2, -0.15) is 10.3 Å². The smallest absolute Gasteiger partial charge is 0.205 e. The number of benzene rings is 3. The maximum absolute atomic E-state index is 10.3. The Morgan fingerprint density at radius 2 is 1.63 bits per heavy atom. The molecule has 0 radical (unpaired) electrons. The molecule has 0 saturated heterocycles. The van der Waals surface area contributed by atoms with E-state index >= 15 is 0 Å². The topological polar surface area (TPSA) is 92.5 Å². The first-order chi connectivity index (χ1) is 17.3. The predicted molar refractivity (Wildman–Crippen MR) is 136 cm³/mol. The third kappa shape index (κ3) is 4.76. The molecule has 35 heavy (non-hydrogen) atoms. The largest absolute Gasteiger partial charge is 0.390 e. The van der Waals surface area contributed by atoms with Crippen molar-refractivity contribution in [1.29, 1.82) is 0 Å². The van der Waals surface area contributed by atoms with E-state index < -0.39 is 0 Å². The van der Waals surface area contributed by atoms with Gasteiger partial charge in [0.05, 0.1) is 23.7 Å². The van der Waals surface area contributed by atoms with Crippen LogP contribution in [0.4, 0.5) is 0 Å². The second-order valence-corrected chi connectivity index (χ2v) is 8.54. The summed E-state index contributed by atoms with van der Waals surface area (Å²) in [5.74, 6) is 0.575. The van der Waals surface area contributed by atoms with Crippen molar-refractivity contribution in [3.05, 3.63) is 101 Å². The lowest BCUT2D eigenvalue weighted by Gasteiger charge is -2.10. The first-order valence-electron chi connectivity index (χ1n) is 12.0. The average molecular weight is 465 g/mol. The van der Waals surface area contributed by atoms with Gasteiger partial charge in [0.25, 0.3) is 0 Å². The van der Waals surface area contributed by atoms with E-state index in [4.69, 9.17) is 5.10 Å². The summed E-state index contributed by atoms with van der Waals surface area (Å²) in [5, 5.41) is 29.8. The molecule has 0 unspecified atom stereocenters. The number of nitrogens with zero attached hydrogens (tertiary/aromatic N) is 5. The standard InChI is InChI=1S/C28H28N6O/c1-2-3-13-26-25(27(19-35)34(31-26)22-9-5-4-6-10-22)18-20-14-16-21(17-15-20)23-11-7-8-12-24(23)28-29-32-33-30-28/h4-12,14-17,35H,2-3,13,18-19H2,1H3,(H,29,30,32,33). The number of para-hydroxylation sites is 1. The molecule has 0 aliphatic heterocycles. The van der Waals surface area contributed by atoms with Crippen LogP contribution in [-0.2, 0) is 19.4 Å². The van der Waals surface area contributed by atoms with Crippen molar-refractivity contribution < 1.29 is 5.11 Å². The average Bonchev–Trinajstić information content (AvgIpc) is 3.57. The number of hydrogen-bond acceptors (Lipinski definition) is 5. The maximum Gasteiger partial charge on any atom is 0.205 e. The van der Waals surface area contributed by atoms with Gasteiger partial charge < -0.3 is 5.11 Å². The molecule has 0 spiro atoms. The highest BCUT2D eigenvalue weighted by molar-refractivity contribution is 5.80. The Bertz CT molecular complexity index is 1380. The van der Waals surface area contributed by atoms with Crippen molar-refractivity contribution >= 4 is 0 Å². The van der Waals surface area contributed by atoms with Gasteiger partial charge >= 0.3 is 0 Å². The minimum absolute atomic E-state index is 0.0560. The SMILES string of the molecule is CCCCc1nn(-c2ccccc2)c(CO)c1Cc1ccc(-c2ccccc2-c2nn[nH]n2)cc1. The van der Waals surface area contributed by atoms with Crippen LogP contribution in [0.15, 0.2) is 78.9 Å². The van der Waals surface area contributed by atoms with E-state index in [9.17, 15) is 5.11 Å². The summed E-state index contributed by atoms with van der Waals surface area (Å²) in [6, 6.07) is 26.6. The number of aromatic amines is 1. The van der Waals surface area contributed by atoms with E-state index in [-0.39, 0.29) is 6.61 Å². The number of unbranched alkanes of at least 4 members (excludes halogenated alkanes) is 1. The van der Waals surface area contributed by atoms with Gasteiger partial charge in [-0.05, 0) is 46.9 Å². The van der Waals surface area contributed by atoms with E-state index in [1.807, 2.05) is 53.2 Å². The second kappa shape index (κ2) is 10.4. The Hall–Kier alpha value is -4.10. The summed E-state index contributed by atoms with van der Waals surface area (Å²) < 4.78 is 1.90. The number of H-pyrrole nitrogens is 1. The van der Waals surface area contributed by atoms with Crippen molar-refractivity contribution in [1.82, 2.24) is 30.4 Å². The molecule has 2 heterocycles. The fourth-order valence-corrected chi connectivity index (χ4v) is 4.44. The molecular weight excluding hydrogens is 436 g/mol. The minimum atomic E-state index is -0.0560. The summed E-state index contributed by atoms with van der Waals surface area (Å²) in [6.07, 6.45) is 3.78. The van der Waals surface area contributed by atoms with Crippen LogP contribution < -0.4 is 0 Å². The molecule has 176 valence electrons. The molecule has 7 nitrogen and oxygen atoms in total. The molecule has 3 aromatic carbocycles. The van der Waals surface area contributed by atoms with Crippen molar-refractivity contribution in [3.8, 4) is 28.2 Å². The second-order valence-electron chi connectivity index (χ2n) is 8.54. The van der Waals surface area contributed by atoms with Crippen molar-refractivity contribution in [2.45, 2.75) is 39.2 Å². The fraction of sp³-hybridized carbons (Fsp3) is 0.214. The van der Waals surface area contributed by atoms with Crippen LogP contribution in [0.3, 0.4) is 0 Å². The van der Waals surface area contributed by atoms with Gasteiger partial charge in [-0.3, -0.25) is 0 Å². The van der Waals surface area contributed by atoms with Crippen LogP contribution in [-0.4, -0.2) is 35.5 Å². The number of hydrogen-bond donors (Lipinski definition) is 2. The molecule has 0 aliphatic rings. The van der Waals surface area contributed by atoms with Crippen LogP contribution in [0.5, 0.6) is 0 Å². The summed E-state index contributed by atoms with van der Waals surface area (Å²) in [5.41, 5.74) is 8.24. The number of aryl methyl sites for hydroxylation is 1. The molecule has 0 aliphatic carbocycles. The zero-order valence-electron chi connectivity index (χ0n) is 19.7. The van der Waals surface area contributed by atoms with Crippen LogP contribution in [0.1, 0.15) is 42.3 Å². The number of tetrazole rings is 1. The van der Waals surface area contributed by atoms with Crippen LogP contribution >= 0.6 is 0 Å². The van der Waals surface area contributed by atoms with Gasteiger partial charge in [0.1, 0.15) is 0 Å². The molecule has 2 aromatic heterocycles. The summed E-state index contributed by atoms with van der Waals surface area (Å²) in [7, 11) is 0. The highest BCUT2D eigenvalue weighted by Crippen LogP contribution is 2.31. The van der Waals surface area contributed by atoms with Crippen LogP contribution in [0.2, 0.25) is 0 Å². The van der Waals surface area contributed by atoms with Gasteiger partial charge in [-0.15, -0.1) is 10.2 Å². The number of aromatic nitrogens is 6. The summed E-state index contributed by atoms with van der Waals surface area (Å²) in [6.45, 7) is 2.13. The molecule has 0 fully saturated rings. The van der Waals surface area contributed by atoms with E-state index in [0.717, 1.165) is 58.6 Å². The van der Waals surface area contributed by atoms with E-state index in [1.165, 1.54) is 5.56 Å². The van der Waals surface area contributed by atoms with E-state index in [2.05, 4.69) is 57.9 Å². The number of aliphatic hydroxyl groups is 1. The Labute approximate surface area is 204 Å². The van der Waals surface area contributed by atoms with Gasteiger partial charge in [-0.1, -0.05) is 80.1 Å². The highest BCUT2D eigenvalue weighted by Gasteiger charge is 2.19. The molecule has 5 rings (SSSR count). The Morgan fingerprint density at radius 3 is 2.31 bits per heavy atom. The maximum atomic E-state index is 10.3. The molecule has 0 bridgehead atoms. The van der Waals surface area contributed by atoms with E-state index in [0.29, 0.717) is 12.2 Å². The minimum Gasteiger partial charge on any atom is -0.390 e. The van der Waals surface area contributed by atoms with E-state index in [1.54, 1.807) is 0 Å². The highest BCUT2D eigenvalue weighted by atomic mass is 16.3. The zero-order chi connectivity index (χ0) is 24.0. The zero-order valence-corrected chi connectivity index (χ0v) is 19.7. The lowest BCUT2D eigenvalue weighted by molar-refractivity contribution is 0.272. The van der Waals surface area contributed by atoms with Crippen LogP contribution in [0, 0.1) is 0 Å². The fourth-order valence-electron chi connectivity index (χ4n) is 4.44. The summed E-state index contributed by atoms with van der Waals surface area (Å²) in [4.78, 5) is 0. The molecule has 0 amide bonds. The third-order valence-electron chi connectivity index (χ3n) is 6.25. The molecule has 0 saturated carbocycles. The van der Waals surface area contributed by atoms with Gasteiger partial charge in [-0.25, -0.2) is 4.68 Å². The summed E-state index contributed by atoms with van der Waals surface area (Å²) >= 11 is 0. The van der Waals surface area contributed by atoms with Crippen LogP contribution in [0.25, 0.3) is 28.2 Å². The molecule has 2 N–H and O–H groups in total. The Morgan fingerprint density at radius 1 is 0.886 bits per heavy atom. The normalized spacial score (nSPS) is 11.1. The van der Waals surface area contributed by atoms with Crippen molar-refractivity contribution in [2.75, 3.05) is 0 Å². The Balaban J connectivity index is 1.48. The number of nitrogens with one attached hydrogen (secondary N) is 1. The number of aliphatic hydroxyl groups excluding tert-OH is 1. The first kappa shape index (κ1) is 22.7. The lowest BCUT2D eigenvalue weighted by Crippen LogP contribution is -2.03. The monoisotopic (exact) mass is 464 g/mol. The van der Waals surface area contributed by atoms with Gasteiger partial charge in [0.15, 0.2) is 0 Å². The molecule has 7 heteroatoms. The third-order valence-corrected chi connectivity index (χ3v) is 6.25. The first-order valence-corrected chi connectivity index (χ1v) is 12.0. The predicted octanol–water partition coefficient (Wildman–Crippen LogP) is 5.15. The Kier molecular flexibility index (Phi) is 6.77. The quantitative estimate of drug-likeness (QED) is 0.315. The van der Waals surface area contributed by atoms with Gasteiger partial charge in [0.2, 0.25) is 5.82 Å². The van der Waals surface area contributed by atoms with Crippen molar-refractivity contribution in [2.24, 2.45) is 0 Å².